The van der Waals surface area contributed by atoms with Crippen molar-refractivity contribution in [3.8, 4) is 5.75 Å². The summed E-state index contributed by atoms with van der Waals surface area (Å²) in [5.41, 5.74) is 6.69. The maximum Gasteiger partial charge on any atom is 0.298 e. The van der Waals surface area contributed by atoms with Crippen LogP contribution in [0.3, 0.4) is 0 Å². The van der Waals surface area contributed by atoms with Crippen molar-refractivity contribution in [2.75, 3.05) is 11.9 Å². The lowest BCUT2D eigenvalue weighted by atomic mass is 10.1. The minimum absolute atomic E-state index is 0.0306. The van der Waals surface area contributed by atoms with Gasteiger partial charge in [-0.25, -0.2) is 0 Å². The van der Waals surface area contributed by atoms with E-state index in [-0.39, 0.29) is 29.5 Å². The molecular formula is C20H24ClN3O6S. The van der Waals surface area contributed by atoms with Crippen molar-refractivity contribution >= 4 is 39.2 Å². The Morgan fingerprint density at radius 2 is 1.84 bits per heavy atom. The number of aromatic hydroxyl groups is 1. The molecule has 0 bridgehead atoms. The minimum Gasteiger partial charge on any atom is -0.504 e. The van der Waals surface area contributed by atoms with E-state index >= 15 is 0 Å². The molecule has 0 radical (unpaired) electrons. The number of benzene rings is 2. The van der Waals surface area contributed by atoms with Crippen molar-refractivity contribution in [1.82, 2.24) is 5.32 Å². The highest BCUT2D eigenvalue weighted by Gasteiger charge is 2.21. The van der Waals surface area contributed by atoms with Crippen LogP contribution in [-0.4, -0.2) is 42.5 Å². The molecule has 0 fully saturated rings. The maximum atomic E-state index is 12.1. The van der Waals surface area contributed by atoms with E-state index in [2.05, 4.69) is 10.6 Å². The fourth-order valence-corrected chi connectivity index (χ4v) is 3.69. The molecule has 0 aliphatic carbocycles. The first kappa shape index (κ1) is 24.6. The van der Waals surface area contributed by atoms with Gasteiger partial charge in [0.1, 0.15) is 4.90 Å². The van der Waals surface area contributed by atoms with Crippen LogP contribution in [0.2, 0.25) is 5.02 Å². The van der Waals surface area contributed by atoms with E-state index in [4.69, 9.17) is 21.9 Å². The first-order chi connectivity index (χ1) is 14.6. The molecule has 1 atom stereocenters. The highest BCUT2D eigenvalue weighted by atomic mass is 35.5. The number of phenols is 1. The van der Waals surface area contributed by atoms with E-state index < -0.39 is 32.7 Å². The summed E-state index contributed by atoms with van der Waals surface area (Å²) in [6.45, 7) is 0.447. The van der Waals surface area contributed by atoms with Crippen LogP contribution in [-0.2, 0) is 26.1 Å². The topological polar surface area (TPSA) is 159 Å². The van der Waals surface area contributed by atoms with Gasteiger partial charge in [0.15, 0.2) is 5.75 Å². The number of carbonyl (C=O) groups excluding carboxylic acids is 2. The van der Waals surface area contributed by atoms with Crippen molar-refractivity contribution in [2.45, 2.75) is 36.6 Å². The summed E-state index contributed by atoms with van der Waals surface area (Å²) in [6.07, 6.45) is 1.43. The summed E-state index contributed by atoms with van der Waals surface area (Å²) < 4.78 is 31.7. The fraction of sp³-hybridized carbons (Fsp3) is 0.300. The average Bonchev–Trinajstić information content (AvgIpc) is 2.71. The molecule has 0 aromatic heterocycles. The van der Waals surface area contributed by atoms with Gasteiger partial charge in [0.05, 0.1) is 11.7 Å². The van der Waals surface area contributed by atoms with Gasteiger partial charge in [-0.3, -0.25) is 14.1 Å². The SMILES string of the molecule is N[C@@H](CCC(=O)Nc1cc(Cl)cc(S(=O)(=O)O)c1O)C(=O)NCCCc1ccccc1. The number of amides is 2. The van der Waals surface area contributed by atoms with Gasteiger partial charge >= 0.3 is 0 Å². The van der Waals surface area contributed by atoms with E-state index in [1.54, 1.807) is 0 Å². The van der Waals surface area contributed by atoms with Crippen molar-refractivity contribution in [3.05, 3.63) is 53.1 Å². The second kappa shape index (κ2) is 11.1. The summed E-state index contributed by atoms with van der Waals surface area (Å²) in [6, 6.07) is 10.9. The Balaban J connectivity index is 1.80. The van der Waals surface area contributed by atoms with Crippen LogP contribution in [0, 0.1) is 0 Å². The number of nitrogens with one attached hydrogen (secondary N) is 2. The van der Waals surface area contributed by atoms with E-state index in [1.807, 2.05) is 30.3 Å². The third kappa shape index (κ3) is 7.83. The molecule has 0 saturated carbocycles. The summed E-state index contributed by atoms with van der Waals surface area (Å²) >= 11 is 5.77. The zero-order chi connectivity index (χ0) is 23.0. The molecular weight excluding hydrogens is 446 g/mol. The Hall–Kier alpha value is -2.66. The second-order valence-electron chi connectivity index (χ2n) is 6.85. The molecule has 2 aromatic carbocycles. The lowest BCUT2D eigenvalue weighted by molar-refractivity contribution is -0.122. The fourth-order valence-electron chi connectivity index (χ4n) is 2.78. The van der Waals surface area contributed by atoms with E-state index in [9.17, 15) is 23.1 Å². The molecule has 2 rings (SSSR count). The van der Waals surface area contributed by atoms with Crippen molar-refractivity contribution < 1.29 is 27.7 Å². The molecule has 168 valence electrons. The summed E-state index contributed by atoms with van der Waals surface area (Å²) in [4.78, 5) is 23.3. The van der Waals surface area contributed by atoms with Crippen LogP contribution in [0.1, 0.15) is 24.8 Å². The molecule has 0 heterocycles. The zero-order valence-electron chi connectivity index (χ0n) is 16.5. The predicted octanol–water partition coefficient (Wildman–Crippen LogP) is 2.09. The smallest absolute Gasteiger partial charge is 0.298 e. The standard InChI is InChI=1S/C20H24ClN3O6S/c21-14-11-16(19(26)17(12-14)31(28,29)30)24-18(25)9-8-15(22)20(27)23-10-4-7-13-5-2-1-3-6-13/h1-3,5-6,11-12,15,26H,4,7-10,22H2,(H,23,27)(H,24,25)(H,28,29,30)/t15-/m0/s1. The number of hydrogen-bond donors (Lipinski definition) is 5. The Morgan fingerprint density at radius 3 is 2.48 bits per heavy atom. The van der Waals surface area contributed by atoms with E-state index in [1.165, 1.54) is 5.56 Å². The number of aryl methyl sites for hydroxylation is 1. The van der Waals surface area contributed by atoms with Crippen molar-refractivity contribution in [3.63, 3.8) is 0 Å². The number of hydrogen-bond acceptors (Lipinski definition) is 6. The van der Waals surface area contributed by atoms with Crippen LogP contribution < -0.4 is 16.4 Å². The lowest BCUT2D eigenvalue weighted by Crippen LogP contribution is -2.41. The summed E-state index contributed by atoms with van der Waals surface area (Å²) in [5, 5.41) is 14.9. The first-order valence-electron chi connectivity index (χ1n) is 9.45. The number of rotatable bonds is 10. The summed E-state index contributed by atoms with van der Waals surface area (Å²) in [7, 11) is -4.74. The van der Waals surface area contributed by atoms with Gasteiger partial charge in [0, 0.05) is 18.0 Å². The molecule has 11 heteroatoms. The van der Waals surface area contributed by atoms with Crippen molar-refractivity contribution in [1.29, 1.82) is 0 Å². The van der Waals surface area contributed by atoms with Crippen LogP contribution >= 0.6 is 11.6 Å². The highest BCUT2D eigenvalue weighted by molar-refractivity contribution is 7.86. The molecule has 6 N–H and O–H groups in total. The number of halogens is 1. The van der Waals surface area contributed by atoms with Gasteiger partial charge < -0.3 is 21.5 Å². The second-order valence-corrected chi connectivity index (χ2v) is 8.68. The summed E-state index contributed by atoms with van der Waals surface area (Å²) in [5.74, 6) is -1.85. The Bertz CT molecular complexity index is 1030. The Labute approximate surface area is 185 Å². The molecule has 2 amide bonds. The lowest BCUT2D eigenvalue weighted by Gasteiger charge is -2.13. The molecule has 0 saturated heterocycles. The van der Waals surface area contributed by atoms with Crippen LogP contribution in [0.4, 0.5) is 5.69 Å². The molecule has 31 heavy (non-hydrogen) atoms. The largest absolute Gasteiger partial charge is 0.504 e. The van der Waals surface area contributed by atoms with Crippen molar-refractivity contribution in [2.24, 2.45) is 5.73 Å². The van der Waals surface area contributed by atoms with E-state index in [0.717, 1.165) is 25.0 Å². The third-order valence-electron chi connectivity index (χ3n) is 4.40. The van der Waals surface area contributed by atoms with Gasteiger partial charge in [-0.2, -0.15) is 8.42 Å². The minimum atomic E-state index is -4.74. The van der Waals surface area contributed by atoms with Gasteiger partial charge in [0.2, 0.25) is 11.8 Å². The number of phenolic OH excluding ortho intramolecular Hbond substituents is 1. The quantitative estimate of drug-likeness (QED) is 0.202. The molecule has 2 aromatic rings. The monoisotopic (exact) mass is 469 g/mol. The van der Waals surface area contributed by atoms with Crippen LogP contribution in [0.5, 0.6) is 5.75 Å². The molecule has 0 aliphatic heterocycles. The zero-order valence-corrected chi connectivity index (χ0v) is 18.1. The number of carbonyl (C=O) groups is 2. The molecule has 9 nitrogen and oxygen atoms in total. The Kier molecular flexibility index (Phi) is 8.81. The van der Waals surface area contributed by atoms with Gasteiger partial charge in [-0.1, -0.05) is 41.9 Å². The van der Waals surface area contributed by atoms with Crippen LogP contribution in [0.25, 0.3) is 0 Å². The van der Waals surface area contributed by atoms with Gasteiger partial charge in [-0.15, -0.1) is 0 Å². The highest BCUT2D eigenvalue weighted by Crippen LogP contribution is 2.34. The average molecular weight is 470 g/mol. The molecule has 0 unspecified atom stereocenters. The van der Waals surface area contributed by atoms with Gasteiger partial charge in [0.25, 0.3) is 10.1 Å². The van der Waals surface area contributed by atoms with Crippen LogP contribution in [0.15, 0.2) is 47.4 Å². The first-order valence-corrected chi connectivity index (χ1v) is 11.3. The van der Waals surface area contributed by atoms with E-state index in [0.29, 0.717) is 6.54 Å². The molecule has 0 spiro atoms. The van der Waals surface area contributed by atoms with Gasteiger partial charge in [-0.05, 0) is 37.0 Å². The number of anilines is 1. The third-order valence-corrected chi connectivity index (χ3v) is 5.48. The number of nitrogens with two attached hydrogens (primary N) is 1. The maximum absolute atomic E-state index is 12.1. The molecule has 0 aliphatic rings. The normalized spacial score (nSPS) is 12.2. The Morgan fingerprint density at radius 1 is 1.16 bits per heavy atom. The predicted molar refractivity (Wildman–Crippen MR) is 117 cm³/mol.